The first-order valence-corrected chi connectivity index (χ1v) is 5.32. The Hall–Kier alpha value is -2.14. The number of benzene rings is 1. The Kier molecular flexibility index (Phi) is 2.38. The Morgan fingerprint density at radius 3 is 3.00 bits per heavy atom. The summed E-state index contributed by atoms with van der Waals surface area (Å²) in [5, 5.41) is 9.09. The van der Waals surface area contributed by atoms with Gasteiger partial charge in [-0.25, -0.2) is 9.97 Å². The van der Waals surface area contributed by atoms with Crippen LogP contribution in [0.4, 0.5) is 0 Å². The minimum atomic E-state index is -0.0901. The lowest BCUT2D eigenvalue weighted by Gasteiger charge is -2.01. The van der Waals surface area contributed by atoms with Crippen molar-refractivity contribution >= 4 is 11.1 Å². The molecule has 0 unspecified atom stereocenters. The number of aliphatic hydroxyl groups excluding tert-OH is 1. The molecular weight excluding hydrogens is 218 g/mol. The van der Waals surface area contributed by atoms with Crippen LogP contribution < -0.4 is 0 Å². The Morgan fingerprint density at radius 1 is 1.29 bits per heavy atom. The number of hydrogen-bond donors (Lipinski definition) is 1. The number of para-hydroxylation sites is 2. The molecule has 1 aromatic carbocycles. The van der Waals surface area contributed by atoms with Crippen LogP contribution in [0.1, 0.15) is 11.7 Å². The summed E-state index contributed by atoms with van der Waals surface area (Å²) in [6.07, 6.45) is 3.44. The molecular formula is C12H11N3O2. The van der Waals surface area contributed by atoms with E-state index in [2.05, 4.69) is 9.97 Å². The third kappa shape index (κ3) is 1.81. The molecule has 5 nitrogen and oxygen atoms in total. The lowest BCUT2D eigenvalue weighted by atomic mass is 10.3. The average Bonchev–Trinajstić information content (AvgIpc) is 2.94. The molecule has 0 fully saturated rings. The summed E-state index contributed by atoms with van der Waals surface area (Å²) >= 11 is 0. The Morgan fingerprint density at radius 2 is 2.18 bits per heavy atom. The fraction of sp³-hybridized carbons (Fsp3) is 0.167. The summed E-state index contributed by atoms with van der Waals surface area (Å²) in [7, 11) is 0. The van der Waals surface area contributed by atoms with E-state index in [0.717, 1.165) is 11.1 Å². The topological polar surface area (TPSA) is 64.1 Å². The molecule has 0 atom stereocenters. The van der Waals surface area contributed by atoms with Crippen LogP contribution in [0.3, 0.4) is 0 Å². The van der Waals surface area contributed by atoms with Crippen LogP contribution in [0.15, 0.2) is 41.1 Å². The predicted octanol–water partition coefficient (Wildman–Crippen LogP) is 1.56. The summed E-state index contributed by atoms with van der Waals surface area (Å²) in [6.45, 7) is 0.387. The highest BCUT2D eigenvalue weighted by atomic mass is 16.3. The van der Waals surface area contributed by atoms with Gasteiger partial charge in [-0.1, -0.05) is 12.1 Å². The molecule has 0 spiro atoms. The summed E-state index contributed by atoms with van der Waals surface area (Å²) in [4.78, 5) is 8.39. The van der Waals surface area contributed by atoms with Crippen molar-refractivity contribution in [1.82, 2.24) is 14.5 Å². The molecule has 3 rings (SSSR count). The maximum absolute atomic E-state index is 9.09. The maximum Gasteiger partial charge on any atom is 0.215 e. The van der Waals surface area contributed by atoms with Gasteiger partial charge < -0.3 is 14.1 Å². The van der Waals surface area contributed by atoms with Crippen molar-refractivity contribution in [2.24, 2.45) is 0 Å². The minimum absolute atomic E-state index is 0.0901. The van der Waals surface area contributed by atoms with E-state index in [1.807, 2.05) is 28.8 Å². The summed E-state index contributed by atoms with van der Waals surface area (Å²) in [5.74, 6) is 1.21. The molecule has 3 aromatic rings. The van der Waals surface area contributed by atoms with Gasteiger partial charge in [0.1, 0.15) is 24.5 Å². The fourth-order valence-corrected chi connectivity index (χ4v) is 1.77. The number of imidazole rings is 1. The van der Waals surface area contributed by atoms with E-state index in [4.69, 9.17) is 9.52 Å². The summed E-state index contributed by atoms with van der Waals surface area (Å²) in [6, 6.07) is 7.62. The van der Waals surface area contributed by atoms with E-state index in [0.29, 0.717) is 18.3 Å². The third-order valence-electron chi connectivity index (χ3n) is 2.59. The van der Waals surface area contributed by atoms with Crippen molar-refractivity contribution < 1.29 is 9.52 Å². The van der Waals surface area contributed by atoms with E-state index in [9.17, 15) is 0 Å². The molecule has 2 heterocycles. The number of oxazole rings is 1. The van der Waals surface area contributed by atoms with Crippen LogP contribution in [0.2, 0.25) is 0 Å². The van der Waals surface area contributed by atoms with Crippen LogP contribution >= 0.6 is 0 Å². The SMILES string of the molecule is OCc1nccn1Cc1nc2ccccc2o1. The highest BCUT2D eigenvalue weighted by molar-refractivity contribution is 5.72. The van der Waals surface area contributed by atoms with Gasteiger partial charge in [-0.05, 0) is 12.1 Å². The number of hydrogen-bond acceptors (Lipinski definition) is 4. The zero-order valence-corrected chi connectivity index (χ0v) is 9.08. The molecule has 5 heteroatoms. The average molecular weight is 229 g/mol. The fourth-order valence-electron chi connectivity index (χ4n) is 1.77. The van der Waals surface area contributed by atoms with Crippen LogP contribution in [-0.4, -0.2) is 19.6 Å². The van der Waals surface area contributed by atoms with Gasteiger partial charge in [-0.2, -0.15) is 0 Å². The molecule has 0 saturated carbocycles. The molecule has 0 aliphatic heterocycles. The largest absolute Gasteiger partial charge is 0.439 e. The minimum Gasteiger partial charge on any atom is -0.439 e. The van der Waals surface area contributed by atoms with Crippen LogP contribution in [-0.2, 0) is 13.2 Å². The third-order valence-corrected chi connectivity index (χ3v) is 2.59. The molecule has 17 heavy (non-hydrogen) atoms. The Bertz CT molecular complexity index is 609. The second-order valence-electron chi connectivity index (χ2n) is 3.70. The van der Waals surface area contributed by atoms with E-state index < -0.39 is 0 Å². The highest BCUT2D eigenvalue weighted by Gasteiger charge is 2.08. The number of rotatable bonds is 3. The monoisotopic (exact) mass is 229 g/mol. The van der Waals surface area contributed by atoms with E-state index in [1.54, 1.807) is 12.4 Å². The quantitative estimate of drug-likeness (QED) is 0.740. The molecule has 0 aliphatic carbocycles. The molecule has 1 N–H and O–H groups in total. The van der Waals surface area contributed by atoms with Crippen LogP contribution in [0, 0.1) is 0 Å². The zero-order valence-electron chi connectivity index (χ0n) is 9.08. The summed E-state index contributed by atoms with van der Waals surface area (Å²) < 4.78 is 7.41. The molecule has 0 saturated heterocycles. The van der Waals surface area contributed by atoms with Crippen LogP contribution in [0.5, 0.6) is 0 Å². The van der Waals surface area contributed by atoms with Crippen molar-refractivity contribution in [3.63, 3.8) is 0 Å². The van der Waals surface area contributed by atoms with Gasteiger partial charge in [-0.3, -0.25) is 0 Å². The van der Waals surface area contributed by atoms with E-state index in [1.165, 1.54) is 0 Å². The molecule has 86 valence electrons. The van der Waals surface area contributed by atoms with Crippen molar-refractivity contribution in [2.45, 2.75) is 13.2 Å². The molecule has 2 aromatic heterocycles. The predicted molar refractivity (Wildman–Crippen MR) is 61.3 cm³/mol. The number of aliphatic hydroxyl groups is 1. The van der Waals surface area contributed by atoms with Gasteiger partial charge in [0, 0.05) is 12.4 Å². The van der Waals surface area contributed by atoms with Crippen LogP contribution in [0.25, 0.3) is 11.1 Å². The van der Waals surface area contributed by atoms with E-state index >= 15 is 0 Å². The molecule has 0 bridgehead atoms. The normalized spacial score (nSPS) is 11.1. The Balaban J connectivity index is 1.94. The molecule has 0 amide bonds. The highest BCUT2D eigenvalue weighted by Crippen LogP contribution is 2.15. The standard InChI is InChI=1S/C12H11N3O2/c16-8-11-13-5-6-15(11)7-12-14-9-3-1-2-4-10(9)17-12/h1-6,16H,7-8H2. The Labute approximate surface area is 97.3 Å². The molecule has 0 aliphatic rings. The van der Waals surface area contributed by atoms with Gasteiger partial charge in [0.25, 0.3) is 0 Å². The van der Waals surface area contributed by atoms with Crippen molar-refractivity contribution in [1.29, 1.82) is 0 Å². The van der Waals surface area contributed by atoms with Crippen molar-refractivity contribution in [2.75, 3.05) is 0 Å². The van der Waals surface area contributed by atoms with E-state index in [-0.39, 0.29) is 6.61 Å². The first kappa shape index (κ1) is 10.0. The first-order valence-electron chi connectivity index (χ1n) is 5.32. The lowest BCUT2D eigenvalue weighted by molar-refractivity contribution is 0.265. The lowest BCUT2D eigenvalue weighted by Crippen LogP contribution is -2.04. The number of fused-ring (bicyclic) bond motifs is 1. The van der Waals surface area contributed by atoms with Gasteiger partial charge in [-0.15, -0.1) is 0 Å². The van der Waals surface area contributed by atoms with Crippen molar-refractivity contribution in [3.05, 3.63) is 48.4 Å². The van der Waals surface area contributed by atoms with Gasteiger partial charge >= 0.3 is 0 Å². The first-order chi connectivity index (χ1) is 8.36. The second-order valence-corrected chi connectivity index (χ2v) is 3.70. The molecule has 0 radical (unpaired) electrons. The summed E-state index contributed by atoms with van der Waals surface area (Å²) in [5.41, 5.74) is 1.61. The number of nitrogens with zero attached hydrogens (tertiary/aromatic N) is 3. The smallest absolute Gasteiger partial charge is 0.215 e. The van der Waals surface area contributed by atoms with Crippen molar-refractivity contribution in [3.8, 4) is 0 Å². The van der Waals surface area contributed by atoms with Gasteiger partial charge in [0.05, 0.1) is 0 Å². The zero-order chi connectivity index (χ0) is 11.7. The maximum atomic E-state index is 9.09. The second kappa shape index (κ2) is 4.03. The van der Waals surface area contributed by atoms with Gasteiger partial charge in [0.15, 0.2) is 5.58 Å². The van der Waals surface area contributed by atoms with Gasteiger partial charge in [0.2, 0.25) is 5.89 Å². The number of aromatic nitrogens is 3.